The van der Waals surface area contributed by atoms with Crippen molar-refractivity contribution < 1.29 is 8.42 Å². The molecular weight excluding hydrogens is 358 g/mol. The minimum Gasteiger partial charge on any atom is -0.207 e. The zero-order valence-electron chi connectivity index (χ0n) is 11.3. The topological polar surface area (TPSA) is 37.4 Å². The third kappa shape index (κ3) is 3.31. The first kappa shape index (κ1) is 15.7. The van der Waals surface area contributed by atoms with E-state index in [9.17, 15) is 8.42 Å². The van der Waals surface area contributed by atoms with E-state index in [1.54, 1.807) is 30.5 Å². The Kier molecular flexibility index (Phi) is 5.01. The fourth-order valence-corrected chi connectivity index (χ4v) is 4.34. The fraction of sp³-hybridized carbons (Fsp3) is 0.286. The van der Waals surface area contributed by atoms with Gasteiger partial charge >= 0.3 is 0 Å². The molecule has 3 nitrogen and oxygen atoms in total. The van der Waals surface area contributed by atoms with Gasteiger partial charge in [0, 0.05) is 23.8 Å². The SMILES string of the molecule is Cc1ccsc1CN(C)S(=O)(=O)c1ccc(CBr)cc1. The second-order valence-electron chi connectivity index (χ2n) is 4.57. The maximum Gasteiger partial charge on any atom is 0.243 e. The van der Waals surface area contributed by atoms with Crippen LogP contribution in [0.4, 0.5) is 0 Å². The van der Waals surface area contributed by atoms with Gasteiger partial charge in [-0.25, -0.2) is 8.42 Å². The van der Waals surface area contributed by atoms with E-state index < -0.39 is 10.0 Å². The van der Waals surface area contributed by atoms with Crippen LogP contribution in [0.25, 0.3) is 0 Å². The number of hydrogen-bond acceptors (Lipinski definition) is 3. The minimum absolute atomic E-state index is 0.332. The summed E-state index contributed by atoms with van der Waals surface area (Å²) in [6.07, 6.45) is 0. The molecule has 0 radical (unpaired) electrons. The molecule has 0 spiro atoms. The van der Waals surface area contributed by atoms with Crippen LogP contribution < -0.4 is 0 Å². The van der Waals surface area contributed by atoms with E-state index in [1.165, 1.54) is 4.31 Å². The summed E-state index contributed by atoms with van der Waals surface area (Å²) in [6.45, 7) is 2.41. The normalized spacial score (nSPS) is 12.0. The maximum absolute atomic E-state index is 12.5. The van der Waals surface area contributed by atoms with Crippen molar-refractivity contribution in [3.8, 4) is 0 Å². The number of hydrogen-bond donors (Lipinski definition) is 0. The Morgan fingerprint density at radius 1 is 1.20 bits per heavy atom. The quantitative estimate of drug-likeness (QED) is 0.747. The van der Waals surface area contributed by atoms with Crippen LogP contribution in [0.3, 0.4) is 0 Å². The zero-order valence-corrected chi connectivity index (χ0v) is 14.6. The molecule has 0 unspecified atom stereocenters. The second-order valence-corrected chi connectivity index (χ2v) is 8.17. The lowest BCUT2D eigenvalue weighted by atomic mass is 10.2. The Hall–Kier alpha value is -0.690. The molecular formula is C14H16BrNO2S2. The van der Waals surface area contributed by atoms with Crippen LogP contribution in [0.15, 0.2) is 40.6 Å². The monoisotopic (exact) mass is 373 g/mol. The smallest absolute Gasteiger partial charge is 0.207 e. The summed E-state index contributed by atoms with van der Waals surface area (Å²) in [6, 6.07) is 8.97. The first-order valence-electron chi connectivity index (χ1n) is 6.09. The average molecular weight is 374 g/mol. The summed E-state index contributed by atoms with van der Waals surface area (Å²) in [7, 11) is -1.81. The molecule has 0 aliphatic heterocycles. The molecule has 0 N–H and O–H groups in total. The first-order valence-corrected chi connectivity index (χ1v) is 9.53. The number of alkyl halides is 1. The summed E-state index contributed by atoms with van der Waals surface area (Å²) in [5.41, 5.74) is 2.19. The number of aryl methyl sites for hydroxylation is 1. The van der Waals surface area contributed by atoms with E-state index >= 15 is 0 Å². The minimum atomic E-state index is -3.43. The summed E-state index contributed by atoms with van der Waals surface area (Å²) in [4.78, 5) is 1.41. The van der Waals surface area contributed by atoms with Crippen molar-refractivity contribution in [1.82, 2.24) is 4.31 Å². The van der Waals surface area contributed by atoms with Gasteiger partial charge in [0.1, 0.15) is 0 Å². The Labute approximate surface area is 132 Å². The predicted molar refractivity (Wildman–Crippen MR) is 86.8 cm³/mol. The number of benzene rings is 1. The summed E-state index contributed by atoms with van der Waals surface area (Å²) in [5, 5.41) is 2.70. The first-order chi connectivity index (χ1) is 9.45. The largest absolute Gasteiger partial charge is 0.243 e. The van der Waals surface area contributed by atoms with Crippen molar-refractivity contribution >= 4 is 37.3 Å². The van der Waals surface area contributed by atoms with Crippen molar-refractivity contribution in [2.75, 3.05) is 7.05 Å². The van der Waals surface area contributed by atoms with Gasteiger partial charge in [0.15, 0.2) is 0 Å². The molecule has 0 saturated heterocycles. The van der Waals surface area contributed by atoms with Crippen LogP contribution in [-0.4, -0.2) is 19.8 Å². The van der Waals surface area contributed by atoms with Crippen LogP contribution in [0.1, 0.15) is 16.0 Å². The molecule has 2 aromatic rings. The van der Waals surface area contributed by atoms with E-state index in [0.717, 1.165) is 21.3 Å². The summed E-state index contributed by atoms with van der Waals surface area (Å²) < 4.78 is 26.4. The van der Waals surface area contributed by atoms with Gasteiger partial charge < -0.3 is 0 Å². The molecule has 20 heavy (non-hydrogen) atoms. The highest BCUT2D eigenvalue weighted by atomic mass is 79.9. The van der Waals surface area contributed by atoms with Crippen molar-refractivity contribution in [3.05, 3.63) is 51.7 Å². The number of nitrogens with zero attached hydrogens (tertiary/aromatic N) is 1. The highest BCUT2D eigenvalue weighted by Gasteiger charge is 2.21. The standard InChI is InChI=1S/C14H16BrNO2S2/c1-11-7-8-19-14(11)10-16(2)20(17,18)13-5-3-12(9-15)4-6-13/h3-8H,9-10H2,1-2H3. The average Bonchev–Trinajstić information content (AvgIpc) is 2.84. The Balaban J connectivity index is 2.22. The molecule has 1 aromatic heterocycles. The fourth-order valence-electron chi connectivity index (χ4n) is 1.78. The van der Waals surface area contributed by atoms with Gasteiger partial charge in [0.2, 0.25) is 10.0 Å². The lowest BCUT2D eigenvalue weighted by molar-refractivity contribution is 0.469. The molecule has 2 rings (SSSR count). The summed E-state index contributed by atoms with van der Waals surface area (Å²) >= 11 is 4.93. The van der Waals surface area contributed by atoms with Crippen LogP contribution in [0.5, 0.6) is 0 Å². The van der Waals surface area contributed by atoms with Crippen LogP contribution in [0, 0.1) is 6.92 Å². The number of thiophene rings is 1. The van der Waals surface area contributed by atoms with Gasteiger partial charge in [-0.15, -0.1) is 11.3 Å². The highest BCUT2D eigenvalue weighted by Crippen LogP contribution is 2.22. The van der Waals surface area contributed by atoms with E-state index in [0.29, 0.717) is 11.4 Å². The van der Waals surface area contributed by atoms with Crippen molar-refractivity contribution in [2.45, 2.75) is 23.7 Å². The van der Waals surface area contributed by atoms with Crippen LogP contribution in [-0.2, 0) is 21.9 Å². The molecule has 0 fully saturated rings. The lowest BCUT2D eigenvalue weighted by Crippen LogP contribution is -2.26. The van der Waals surface area contributed by atoms with E-state index in [4.69, 9.17) is 0 Å². The van der Waals surface area contributed by atoms with E-state index in [2.05, 4.69) is 15.9 Å². The van der Waals surface area contributed by atoms with Crippen LogP contribution >= 0.6 is 27.3 Å². The molecule has 108 valence electrons. The van der Waals surface area contributed by atoms with Gasteiger partial charge in [-0.05, 0) is 41.6 Å². The van der Waals surface area contributed by atoms with Crippen molar-refractivity contribution in [1.29, 1.82) is 0 Å². The highest BCUT2D eigenvalue weighted by molar-refractivity contribution is 9.08. The Morgan fingerprint density at radius 2 is 1.85 bits per heavy atom. The Bertz CT molecular complexity index is 677. The van der Waals surface area contributed by atoms with Crippen molar-refractivity contribution in [2.24, 2.45) is 0 Å². The number of rotatable bonds is 5. The van der Waals surface area contributed by atoms with E-state index in [1.807, 2.05) is 30.5 Å². The van der Waals surface area contributed by atoms with Gasteiger partial charge in [-0.2, -0.15) is 4.31 Å². The maximum atomic E-state index is 12.5. The second kappa shape index (κ2) is 6.39. The third-order valence-corrected chi connectivity index (χ3v) is 6.59. The Morgan fingerprint density at radius 3 is 2.35 bits per heavy atom. The number of halogens is 1. The molecule has 0 saturated carbocycles. The lowest BCUT2D eigenvalue weighted by Gasteiger charge is -2.17. The van der Waals surface area contributed by atoms with Gasteiger partial charge in [-0.1, -0.05) is 28.1 Å². The number of sulfonamides is 1. The summed E-state index contributed by atoms with van der Waals surface area (Å²) in [5.74, 6) is 0. The van der Waals surface area contributed by atoms with Gasteiger partial charge in [0.05, 0.1) is 4.90 Å². The third-order valence-electron chi connectivity index (χ3n) is 3.12. The molecule has 0 aliphatic rings. The molecule has 0 atom stereocenters. The zero-order chi connectivity index (χ0) is 14.8. The van der Waals surface area contributed by atoms with Crippen LogP contribution in [0.2, 0.25) is 0 Å². The molecule has 0 aliphatic carbocycles. The van der Waals surface area contributed by atoms with Crippen molar-refractivity contribution in [3.63, 3.8) is 0 Å². The van der Waals surface area contributed by atoms with Gasteiger partial charge in [0.25, 0.3) is 0 Å². The van der Waals surface area contributed by atoms with E-state index in [-0.39, 0.29) is 0 Å². The molecule has 0 amide bonds. The molecule has 0 bridgehead atoms. The van der Waals surface area contributed by atoms with Gasteiger partial charge in [-0.3, -0.25) is 0 Å². The molecule has 6 heteroatoms. The molecule has 1 aromatic carbocycles. The molecule has 1 heterocycles. The predicted octanol–water partition coefficient (Wildman–Crippen LogP) is 3.77.